The first-order valence-electron chi connectivity index (χ1n) is 8.19. The Balaban J connectivity index is 1.56. The van der Waals surface area contributed by atoms with Gasteiger partial charge in [0.1, 0.15) is 0 Å². The molecule has 25 heavy (non-hydrogen) atoms. The molecule has 5 nitrogen and oxygen atoms in total. The molecule has 4 rings (SSSR count). The summed E-state index contributed by atoms with van der Waals surface area (Å²) in [6, 6.07) is 13.4. The highest BCUT2D eigenvalue weighted by Crippen LogP contribution is 2.27. The molecule has 2 aromatic heterocycles. The molecule has 0 fully saturated rings. The maximum atomic E-state index is 12.7. The molecular formula is C19H17ClN4O. The van der Waals surface area contributed by atoms with Crippen molar-refractivity contribution in [2.45, 2.75) is 19.5 Å². The minimum absolute atomic E-state index is 0.128. The van der Waals surface area contributed by atoms with Gasteiger partial charge in [0.05, 0.1) is 37.1 Å². The zero-order valence-electron chi connectivity index (χ0n) is 13.6. The molecule has 0 atom stereocenters. The first-order chi connectivity index (χ1) is 12.2. The van der Waals surface area contributed by atoms with E-state index < -0.39 is 0 Å². The minimum atomic E-state index is 0.128. The smallest absolute Gasteiger partial charge is 0.227 e. The molecule has 126 valence electrons. The van der Waals surface area contributed by atoms with Gasteiger partial charge in [0, 0.05) is 23.3 Å². The number of carbonyl (C=O) groups excluding carboxylic acids is 1. The van der Waals surface area contributed by atoms with E-state index in [1.807, 2.05) is 46.0 Å². The van der Waals surface area contributed by atoms with Crippen molar-refractivity contribution in [2.75, 3.05) is 6.54 Å². The van der Waals surface area contributed by atoms with Gasteiger partial charge in [-0.05, 0) is 17.7 Å². The van der Waals surface area contributed by atoms with Gasteiger partial charge in [0.2, 0.25) is 5.91 Å². The van der Waals surface area contributed by atoms with Gasteiger partial charge in [-0.15, -0.1) is 0 Å². The molecule has 0 N–H and O–H groups in total. The highest BCUT2D eigenvalue weighted by molar-refractivity contribution is 6.30. The lowest BCUT2D eigenvalue weighted by Crippen LogP contribution is -2.39. The van der Waals surface area contributed by atoms with Gasteiger partial charge >= 0.3 is 0 Å². The van der Waals surface area contributed by atoms with E-state index in [9.17, 15) is 4.79 Å². The van der Waals surface area contributed by atoms with Crippen LogP contribution in [0.5, 0.6) is 0 Å². The van der Waals surface area contributed by atoms with Crippen LogP contribution in [0.15, 0.2) is 54.9 Å². The predicted molar refractivity (Wildman–Crippen MR) is 96.0 cm³/mol. The van der Waals surface area contributed by atoms with Gasteiger partial charge in [0.15, 0.2) is 0 Å². The third-order valence-electron chi connectivity index (χ3n) is 4.42. The number of aromatic nitrogens is 3. The maximum absolute atomic E-state index is 12.7. The molecular weight excluding hydrogens is 336 g/mol. The number of halogens is 1. The Morgan fingerprint density at radius 3 is 2.80 bits per heavy atom. The van der Waals surface area contributed by atoms with Crippen molar-refractivity contribution in [3.8, 4) is 11.3 Å². The van der Waals surface area contributed by atoms with E-state index in [1.54, 1.807) is 18.5 Å². The molecule has 0 radical (unpaired) electrons. The average molecular weight is 353 g/mol. The van der Waals surface area contributed by atoms with Crippen LogP contribution in [0.1, 0.15) is 11.3 Å². The maximum Gasteiger partial charge on any atom is 0.227 e. The zero-order chi connectivity index (χ0) is 17.2. The molecule has 1 aliphatic heterocycles. The highest BCUT2D eigenvalue weighted by Gasteiger charge is 2.24. The van der Waals surface area contributed by atoms with Crippen molar-refractivity contribution in [3.63, 3.8) is 0 Å². The summed E-state index contributed by atoms with van der Waals surface area (Å²) in [5.41, 5.74) is 3.75. The fraction of sp³-hybridized carbons (Fsp3) is 0.211. The van der Waals surface area contributed by atoms with Crippen LogP contribution in [0, 0.1) is 0 Å². The predicted octanol–water partition coefficient (Wildman–Crippen LogP) is 3.18. The third-order valence-corrected chi connectivity index (χ3v) is 4.65. The monoisotopic (exact) mass is 352 g/mol. The number of carbonyl (C=O) groups is 1. The second kappa shape index (κ2) is 6.69. The van der Waals surface area contributed by atoms with Crippen LogP contribution in [0.2, 0.25) is 5.02 Å². The zero-order valence-corrected chi connectivity index (χ0v) is 14.4. The number of amides is 1. The van der Waals surface area contributed by atoms with Crippen molar-refractivity contribution in [3.05, 3.63) is 71.1 Å². The van der Waals surface area contributed by atoms with Crippen molar-refractivity contribution in [2.24, 2.45) is 0 Å². The van der Waals surface area contributed by atoms with E-state index in [0.29, 0.717) is 31.1 Å². The first-order valence-corrected chi connectivity index (χ1v) is 8.57. The molecule has 0 spiro atoms. The minimum Gasteiger partial charge on any atom is -0.335 e. The average Bonchev–Trinajstić information content (AvgIpc) is 3.05. The molecule has 0 aliphatic carbocycles. The molecule has 1 aliphatic rings. The van der Waals surface area contributed by atoms with Gasteiger partial charge in [-0.2, -0.15) is 5.10 Å². The van der Waals surface area contributed by atoms with Gasteiger partial charge < -0.3 is 4.90 Å². The normalized spacial score (nSPS) is 13.6. The number of benzene rings is 1. The Kier molecular flexibility index (Phi) is 4.24. The lowest BCUT2D eigenvalue weighted by atomic mass is 10.1. The molecule has 0 unspecified atom stereocenters. The molecule has 6 heteroatoms. The Morgan fingerprint density at radius 1 is 1.16 bits per heavy atom. The third kappa shape index (κ3) is 3.28. The van der Waals surface area contributed by atoms with E-state index in [0.717, 1.165) is 22.5 Å². The van der Waals surface area contributed by atoms with E-state index in [1.165, 1.54) is 0 Å². The SMILES string of the molecule is O=C(Cc1ccccc1)N1CCn2ncc(-c3cc(Cl)ccn3)c2C1. The Hall–Kier alpha value is -2.66. The Bertz CT molecular complexity index is 907. The van der Waals surface area contributed by atoms with Crippen LogP contribution in [0.3, 0.4) is 0 Å². The summed E-state index contributed by atoms with van der Waals surface area (Å²) in [7, 11) is 0. The number of nitrogens with zero attached hydrogens (tertiary/aromatic N) is 4. The Labute approximate surface area is 150 Å². The fourth-order valence-electron chi connectivity index (χ4n) is 3.11. The summed E-state index contributed by atoms with van der Waals surface area (Å²) in [5.74, 6) is 0.128. The summed E-state index contributed by atoms with van der Waals surface area (Å²) >= 11 is 6.08. The van der Waals surface area contributed by atoms with Crippen LogP contribution in [-0.2, 0) is 24.3 Å². The molecule has 0 saturated carbocycles. The van der Waals surface area contributed by atoms with Crippen molar-refractivity contribution in [1.29, 1.82) is 0 Å². The topological polar surface area (TPSA) is 51.0 Å². The van der Waals surface area contributed by atoms with Crippen molar-refractivity contribution >= 4 is 17.5 Å². The van der Waals surface area contributed by atoms with Crippen LogP contribution in [0.4, 0.5) is 0 Å². The second-order valence-electron chi connectivity index (χ2n) is 6.07. The number of pyridine rings is 1. The number of hydrogen-bond donors (Lipinski definition) is 0. The Morgan fingerprint density at radius 2 is 2.00 bits per heavy atom. The second-order valence-corrected chi connectivity index (χ2v) is 6.50. The van der Waals surface area contributed by atoms with Crippen LogP contribution in [0.25, 0.3) is 11.3 Å². The molecule has 3 aromatic rings. The summed E-state index contributed by atoms with van der Waals surface area (Å²) in [6.07, 6.45) is 3.90. The highest BCUT2D eigenvalue weighted by atomic mass is 35.5. The summed E-state index contributed by atoms with van der Waals surface area (Å²) < 4.78 is 1.95. The molecule has 0 bridgehead atoms. The number of hydrogen-bond acceptors (Lipinski definition) is 3. The van der Waals surface area contributed by atoms with Crippen LogP contribution < -0.4 is 0 Å². The fourth-order valence-corrected chi connectivity index (χ4v) is 3.27. The molecule has 3 heterocycles. The van der Waals surface area contributed by atoms with Gasteiger partial charge in [0.25, 0.3) is 0 Å². The summed E-state index contributed by atoms with van der Waals surface area (Å²) in [4.78, 5) is 18.9. The number of fused-ring (bicyclic) bond motifs is 1. The van der Waals surface area contributed by atoms with Gasteiger partial charge in [-0.3, -0.25) is 14.5 Å². The summed E-state index contributed by atoms with van der Waals surface area (Å²) in [5, 5.41) is 5.07. The molecule has 1 amide bonds. The number of rotatable bonds is 3. The van der Waals surface area contributed by atoms with E-state index in [-0.39, 0.29) is 5.91 Å². The summed E-state index contributed by atoms with van der Waals surface area (Å²) in [6.45, 7) is 1.90. The van der Waals surface area contributed by atoms with Gasteiger partial charge in [-0.1, -0.05) is 41.9 Å². The molecule has 1 aromatic carbocycles. The lowest BCUT2D eigenvalue weighted by Gasteiger charge is -2.28. The largest absolute Gasteiger partial charge is 0.335 e. The van der Waals surface area contributed by atoms with Gasteiger partial charge in [-0.25, -0.2) is 0 Å². The first kappa shape index (κ1) is 15.8. The van der Waals surface area contributed by atoms with Crippen LogP contribution >= 0.6 is 11.6 Å². The lowest BCUT2D eigenvalue weighted by molar-refractivity contribution is -0.131. The standard InChI is InChI=1S/C19H17ClN4O/c20-15-6-7-21-17(11-15)16-12-22-24-9-8-23(13-18(16)24)19(25)10-14-4-2-1-3-5-14/h1-7,11-12H,8-10,13H2. The van der Waals surface area contributed by atoms with Crippen molar-refractivity contribution in [1.82, 2.24) is 19.7 Å². The van der Waals surface area contributed by atoms with Crippen molar-refractivity contribution < 1.29 is 4.79 Å². The van der Waals surface area contributed by atoms with E-state index >= 15 is 0 Å². The molecule has 0 saturated heterocycles. The van der Waals surface area contributed by atoms with Crippen LogP contribution in [-0.4, -0.2) is 32.1 Å². The van der Waals surface area contributed by atoms with E-state index in [4.69, 9.17) is 11.6 Å². The van der Waals surface area contributed by atoms with E-state index in [2.05, 4.69) is 10.1 Å². The quantitative estimate of drug-likeness (QED) is 0.727.